The minimum Gasteiger partial charge on any atom is -0.396 e. The third kappa shape index (κ3) is 9.63. The van der Waals surface area contributed by atoms with Crippen molar-refractivity contribution in [3.05, 3.63) is 0 Å². The molecule has 0 radical (unpaired) electrons. The summed E-state index contributed by atoms with van der Waals surface area (Å²) in [6, 6.07) is -0.262. The van der Waals surface area contributed by atoms with Crippen LogP contribution < -0.4 is 0 Å². The molecule has 2 amide bonds. The Labute approximate surface area is 132 Å². The molecule has 0 aromatic heterocycles. The van der Waals surface area contributed by atoms with Crippen molar-refractivity contribution in [1.82, 2.24) is 4.90 Å². The number of hydrogen-bond acceptors (Lipinski definition) is 5. The first-order chi connectivity index (χ1) is 9.54. The Morgan fingerprint density at radius 1 is 1.10 bits per heavy atom. The van der Waals surface area contributed by atoms with Crippen LogP contribution in [0.15, 0.2) is 4.99 Å². The Balaban J connectivity index is 4.30. The lowest BCUT2D eigenvalue weighted by Crippen LogP contribution is -2.33. The van der Waals surface area contributed by atoms with Crippen molar-refractivity contribution in [2.75, 3.05) is 26.3 Å². The first-order valence-electron chi connectivity index (χ1n) is 6.90. The van der Waals surface area contributed by atoms with E-state index in [0.29, 0.717) is 38.8 Å². The second-order valence-corrected chi connectivity index (χ2v) is 6.03. The maximum atomic E-state index is 11.9. The van der Waals surface area contributed by atoms with E-state index < -0.39 is 0 Å². The summed E-state index contributed by atoms with van der Waals surface area (Å²) in [6.45, 7) is 3.03. The molecule has 2 unspecified atom stereocenters. The summed E-state index contributed by atoms with van der Waals surface area (Å²) in [6.07, 6.45) is 4.13. The molecule has 0 spiro atoms. The molecule has 0 rings (SSSR count). The van der Waals surface area contributed by atoms with Crippen molar-refractivity contribution in [1.29, 1.82) is 0 Å². The largest absolute Gasteiger partial charge is 0.396 e. The lowest BCUT2D eigenvalue weighted by atomic mass is 10.2. The fourth-order valence-electron chi connectivity index (χ4n) is 1.69. The van der Waals surface area contributed by atoms with Crippen LogP contribution in [0.25, 0.3) is 0 Å². The van der Waals surface area contributed by atoms with E-state index in [1.54, 1.807) is 11.8 Å². The van der Waals surface area contributed by atoms with E-state index in [1.165, 1.54) is 6.21 Å². The van der Waals surface area contributed by atoms with E-state index in [0.717, 1.165) is 0 Å². The van der Waals surface area contributed by atoms with Gasteiger partial charge in [-0.05, 0) is 32.6 Å². The number of aliphatic imine (C=N–C) groups is 1. The summed E-state index contributed by atoms with van der Waals surface area (Å²) >= 11 is 8.73. The van der Waals surface area contributed by atoms with E-state index in [2.05, 4.69) is 30.2 Å². The molecule has 0 heterocycles. The lowest BCUT2D eigenvalue weighted by molar-refractivity contribution is 0.204. The van der Waals surface area contributed by atoms with Crippen LogP contribution in [0.1, 0.15) is 32.6 Å². The van der Waals surface area contributed by atoms with Gasteiger partial charge >= 0.3 is 6.03 Å². The molecule has 0 fully saturated rings. The minimum absolute atomic E-state index is 0.0742. The third-order valence-electron chi connectivity index (χ3n) is 2.90. The molecule has 20 heavy (non-hydrogen) atoms. The Kier molecular flexibility index (Phi) is 12.3. The lowest BCUT2D eigenvalue weighted by Gasteiger charge is -2.23. The predicted octanol–water partition coefficient (Wildman–Crippen LogP) is 1.64. The van der Waals surface area contributed by atoms with Crippen LogP contribution in [-0.4, -0.2) is 64.2 Å². The van der Waals surface area contributed by atoms with Gasteiger partial charge in [-0.15, -0.1) is 0 Å². The maximum absolute atomic E-state index is 11.9. The van der Waals surface area contributed by atoms with Gasteiger partial charge in [0.25, 0.3) is 0 Å². The van der Waals surface area contributed by atoms with Crippen molar-refractivity contribution in [3.8, 4) is 0 Å². The summed E-state index contributed by atoms with van der Waals surface area (Å²) in [7, 11) is 0. The van der Waals surface area contributed by atoms with E-state index in [9.17, 15) is 4.79 Å². The summed E-state index contributed by atoms with van der Waals surface area (Å²) in [5.74, 6) is 0. The number of carbonyl (C=O) groups is 1. The Morgan fingerprint density at radius 3 is 1.90 bits per heavy atom. The third-order valence-corrected chi connectivity index (χ3v) is 3.93. The van der Waals surface area contributed by atoms with Crippen LogP contribution in [0.4, 0.5) is 4.79 Å². The number of nitrogens with zero attached hydrogens (tertiary/aromatic N) is 2. The first-order valence-corrected chi connectivity index (χ1v) is 7.93. The molecule has 0 aromatic carbocycles. The Bertz CT molecular complexity index is 275. The zero-order chi connectivity index (χ0) is 15.4. The normalized spacial score (nSPS) is 14.4. The molecule has 0 saturated carbocycles. The van der Waals surface area contributed by atoms with Crippen molar-refractivity contribution >= 4 is 37.5 Å². The van der Waals surface area contributed by atoms with E-state index in [4.69, 9.17) is 10.2 Å². The topological polar surface area (TPSA) is 73.1 Å². The smallest absolute Gasteiger partial charge is 0.343 e. The molecule has 0 aliphatic rings. The average Bonchev–Trinajstić information content (AvgIpc) is 2.39. The van der Waals surface area contributed by atoms with E-state index in [1.807, 2.05) is 0 Å². The van der Waals surface area contributed by atoms with Crippen molar-refractivity contribution in [2.24, 2.45) is 4.99 Å². The number of aliphatic hydroxyl groups excluding tert-OH is 2. The maximum Gasteiger partial charge on any atom is 0.343 e. The van der Waals surface area contributed by atoms with Crippen LogP contribution in [0, 0.1) is 0 Å². The number of amides is 2. The number of carbonyl (C=O) groups excluding carboxylic acids is 1. The molecule has 2 N–H and O–H groups in total. The first kappa shape index (κ1) is 19.8. The highest BCUT2D eigenvalue weighted by atomic mass is 32.1. The molecule has 5 nitrogen and oxygen atoms in total. The number of aliphatic hydroxyl groups is 2. The van der Waals surface area contributed by atoms with Crippen LogP contribution in [0.5, 0.6) is 0 Å². The summed E-state index contributed by atoms with van der Waals surface area (Å²) in [5, 5.41) is 17.8. The summed E-state index contributed by atoms with van der Waals surface area (Å²) in [4.78, 5) is 17.3. The second kappa shape index (κ2) is 12.5. The number of thiol groups is 2. The van der Waals surface area contributed by atoms with Gasteiger partial charge in [-0.3, -0.25) is 0 Å². The molecule has 2 atom stereocenters. The Hall–Kier alpha value is -0.240. The van der Waals surface area contributed by atoms with Crippen molar-refractivity contribution < 1.29 is 15.0 Å². The number of urea groups is 1. The van der Waals surface area contributed by atoms with Gasteiger partial charge in [-0.2, -0.15) is 25.3 Å². The molecule has 0 bridgehead atoms. The molecule has 0 aliphatic heterocycles. The number of hydrogen-bond donors (Lipinski definition) is 4. The molecule has 118 valence electrons. The fourth-order valence-corrected chi connectivity index (χ4v) is 2.15. The van der Waals surface area contributed by atoms with Crippen molar-refractivity contribution in [3.63, 3.8) is 0 Å². The van der Waals surface area contributed by atoms with Gasteiger partial charge in [-0.25, -0.2) is 9.79 Å². The standard InChI is InChI=1S/C13H26N2O3S2/c1-2-14-13(18)15(7-3-11(19)5-9-16)8-4-12(20)6-10-17/h2,11-12,16-17,19-20H,3-10H2,1H3/b14-2+. The zero-order valence-electron chi connectivity index (χ0n) is 12.0. The monoisotopic (exact) mass is 322 g/mol. The number of rotatable bonds is 10. The fraction of sp³-hybridized carbons (Fsp3) is 0.846. The summed E-state index contributed by atoms with van der Waals surface area (Å²) in [5.41, 5.74) is 0. The molecule has 0 aliphatic carbocycles. The van der Waals surface area contributed by atoms with Crippen molar-refractivity contribution in [2.45, 2.75) is 43.1 Å². The van der Waals surface area contributed by atoms with Gasteiger partial charge in [-0.1, -0.05) is 0 Å². The highest BCUT2D eigenvalue weighted by Gasteiger charge is 2.15. The van der Waals surface area contributed by atoms with Gasteiger partial charge in [0.15, 0.2) is 0 Å². The quantitative estimate of drug-likeness (QED) is 0.365. The minimum atomic E-state index is -0.262. The van der Waals surface area contributed by atoms with Gasteiger partial charge in [0.2, 0.25) is 0 Å². The van der Waals surface area contributed by atoms with E-state index >= 15 is 0 Å². The van der Waals surface area contributed by atoms with Crippen LogP contribution >= 0.6 is 25.3 Å². The molecular weight excluding hydrogens is 296 g/mol. The van der Waals surface area contributed by atoms with Crippen LogP contribution in [-0.2, 0) is 0 Å². The average molecular weight is 322 g/mol. The van der Waals surface area contributed by atoms with Crippen LogP contribution in [0.3, 0.4) is 0 Å². The van der Waals surface area contributed by atoms with Gasteiger partial charge in [0, 0.05) is 43.0 Å². The highest BCUT2D eigenvalue weighted by Crippen LogP contribution is 2.11. The second-order valence-electron chi connectivity index (χ2n) is 4.57. The molecular formula is C13H26N2O3S2. The Morgan fingerprint density at radius 2 is 1.55 bits per heavy atom. The van der Waals surface area contributed by atoms with Gasteiger partial charge in [0.1, 0.15) is 0 Å². The zero-order valence-corrected chi connectivity index (χ0v) is 13.8. The summed E-state index contributed by atoms with van der Waals surface area (Å²) < 4.78 is 0. The van der Waals surface area contributed by atoms with Crippen LogP contribution in [0.2, 0.25) is 0 Å². The molecule has 0 aromatic rings. The van der Waals surface area contributed by atoms with Gasteiger partial charge in [0.05, 0.1) is 0 Å². The molecule has 7 heteroatoms. The predicted molar refractivity (Wildman–Crippen MR) is 89.3 cm³/mol. The highest BCUT2D eigenvalue weighted by molar-refractivity contribution is 7.81. The SMILES string of the molecule is C/C=N/C(=O)N(CCC(S)CCO)CCC(S)CCO. The molecule has 0 saturated heterocycles. The van der Waals surface area contributed by atoms with E-state index in [-0.39, 0.29) is 29.7 Å². The van der Waals surface area contributed by atoms with Gasteiger partial charge < -0.3 is 15.1 Å².